The Morgan fingerprint density at radius 1 is 1.32 bits per heavy atom. The van der Waals surface area contributed by atoms with Crippen molar-refractivity contribution in [2.75, 3.05) is 0 Å². The van der Waals surface area contributed by atoms with Gasteiger partial charge in [-0.05, 0) is 33.8 Å². The summed E-state index contributed by atoms with van der Waals surface area (Å²) in [7, 11) is 0. The van der Waals surface area contributed by atoms with E-state index >= 15 is 0 Å². The Kier molecular flexibility index (Phi) is 4.70. The van der Waals surface area contributed by atoms with Gasteiger partial charge in [0, 0.05) is 4.88 Å². The molecule has 0 bridgehead atoms. The number of carboxylic acid groups (broad SMARTS) is 1. The first kappa shape index (κ1) is 13.8. The maximum absolute atomic E-state index is 11.9. The van der Waals surface area contributed by atoms with Crippen molar-refractivity contribution in [3.8, 4) is 0 Å². The number of rotatable bonds is 6. The Labute approximate surface area is 118 Å². The Hall–Kier alpha value is -1.66. The molecule has 19 heavy (non-hydrogen) atoms. The highest BCUT2D eigenvalue weighted by Crippen LogP contribution is 2.22. The van der Waals surface area contributed by atoms with Gasteiger partial charge >= 0.3 is 5.97 Å². The normalized spacial score (nSPS) is 12.0. The molecule has 6 heteroatoms. The second-order valence-electron chi connectivity index (χ2n) is 4.04. The van der Waals surface area contributed by atoms with E-state index in [4.69, 9.17) is 5.11 Å². The summed E-state index contributed by atoms with van der Waals surface area (Å²) < 4.78 is 0. The molecule has 0 aromatic carbocycles. The number of carbonyl (C=O) groups excluding carboxylic acids is 1. The molecule has 0 aliphatic heterocycles. The molecule has 2 heterocycles. The van der Waals surface area contributed by atoms with Gasteiger partial charge in [-0.25, -0.2) is 0 Å². The number of nitrogens with one attached hydrogen (secondary N) is 1. The van der Waals surface area contributed by atoms with Crippen molar-refractivity contribution >= 4 is 34.6 Å². The Bertz CT molecular complexity index is 534. The fourth-order valence-electron chi connectivity index (χ4n) is 1.71. The third kappa shape index (κ3) is 4.18. The van der Waals surface area contributed by atoms with Gasteiger partial charge in [-0.15, -0.1) is 11.3 Å². The highest BCUT2D eigenvalue weighted by molar-refractivity contribution is 7.10. The summed E-state index contributed by atoms with van der Waals surface area (Å²) in [6, 6.07) is 5.12. The van der Waals surface area contributed by atoms with E-state index in [1.54, 1.807) is 0 Å². The largest absolute Gasteiger partial charge is 0.481 e. The highest BCUT2D eigenvalue weighted by atomic mass is 32.1. The molecule has 1 atom stereocenters. The quantitative estimate of drug-likeness (QED) is 0.861. The first-order valence-electron chi connectivity index (χ1n) is 5.71. The smallest absolute Gasteiger partial charge is 0.305 e. The van der Waals surface area contributed by atoms with E-state index in [9.17, 15) is 9.59 Å². The number of carboxylic acids is 1. The molecule has 0 aliphatic carbocycles. The third-order valence-corrected chi connectivity index (χ3v) is 4.26. The fraction of sp³-hybridized carbons (Fsp3) is 0.231. The number of hydrogen-bond acceptors (Lipinski definition) is 4. The zero-order valence-electron chi connectivity index (χ0n) is 10.0. The first-order valence-corrected chi connectivity index (χ1v) is 7.53. The third-order valence-electron chi connectivity index (χ3n) is 2.55. The molecule has 0 fully saturated rings. The maximum atomic E-state index is 11.9. The van der Waals surface area contributed by atoms with E-state index < -0.39 is 12.0 Å². The van der Waals surface area contributed by atoms with Gasteiger partial charge in [0.15, 0.2) is 0 Å². The van der Waals surface area contributed by atoms with Gasteiger partial charge in [0.05, 0.1) is 18.9 Å². The van der Waals surface area contributed by atoms with Gasteiger partial charge in [0.1, 0.15) is 0 Å². The van der Waals surface area contributed by atoms with Crippen LogP contribution in [0, 0.1) is 0 Å². The van der Waals surface area contributed by atoms with Crippen LogP contribution < -0.4 is 5.32 Å². The number of carbonyl (C=O) groups is 2. The van der Waals surface area contributed by atoms with E-state index in [0.29, 0.717) is 0 Å². The van der Waals surface area contributed by atoms with Crippen LogP contribution in [0.2, 0.25) is 0 Å². The Balaban J connectivity index is 1.99. The van der Waals surface area contributed by atoms with Crippen LogP contribution in [0.5, 0.6) is 0 Å². The molecular weight excluding hydrogens is 282 g/mol. The topological polar surface area (TPSA) is 66.4 Å². The predicted octanol–water partition coefficient (Wildman–Crippen LogP) is 2.68. The van der Waals surface area contributed by atoms with Gasteiger partial charge in [-0.3, -0.25) is 9.59 Å². The van der Waals surface area contributed by atoms with Crippen molar-refractivity contribution in [3.05, 3.63) is 44.8 Å². The lowest BCUT2D eigenvalue weighted by Crippen LogP contribution is -2.30. The molecule has 2 aromatic heterocycles. The van der Waals surface area contributed by atoms with Gasteiger partial charge in [0.2, 0.25) is 5.91 Å². The Morgan fingerprint density at radius 3 is 2.74 bits per heavy atom. The van der Waals surface area contributed by atoms with Gasteiger partial charge in [-0.2, -0.15) is 11.3 Å². The lowest BCUT2D eigenvalue weighted by Gasteiger charge is -2.15. The molecule has 2 aromatic rings. The van der Waals surface area contributed by atoms with E-state index in [2.05, 4.69) is 5.32 Å². The van der Waals surface area contributed by atoms with Gasteiger partial charge in [-0.1, -0.05) is 6.07 Å². The first-order chi connectivity index (χ1) is 9.15. The summed E-state index contributed by atoms with van der Waals surface area (Å²) in [6.45, 7) is 0. The van der Waals surface area contributed by atoms with Crippen molar-refractivity contribution in [2.45, 2.75) is 18.9 Å². The molecule has 0 saturated carbocycles. The molecule has 2 N–H and O–H groups in total. The average molecular weight is 295 g/mol. The van der Waals surface area contributed by atoms with Crippen LogP contribution in [-0.2, 0) is 16.0 Å². The summed E-state index contributed by atoms with van der Waals surface area (Å²) in [6.07, 6.45) is 0.181. The molecule has 4 nitrogen and oxygen atoms in total. The van der Waals surface area contributed by atoms with Gasteiger partial charge in [0.25, 0.3) is 0 Å². The summed E-state index contributed by atoms with van der Waals surface area (Å²) >= 11 is 2.98. The second kappa shape index (κ2) is 6.49. The van der Waals surface area contributed by atoms with Crippen LogP contribution in [0.3, 0.4) is 0 Å². The van der Waals surface area contributed by atoms with Crippen LogP contribution in [0.15, 0.2) is 34.3 Å². The lowest BCUT2D eigenvalue weighted by molar-refractivity contribution is -0.137. The molecule has 2 rings (SSSR count). The molecular formula is C13H13NO3S2. The lowest BCUT2D eigenvalue weighted by atomic mass is 10.1. The molecule has 1 amide bonds. The summed E-state index contributed by atoms with van der Waals surface area (Å²) in [4.78, 5) is 23.6. The molecule has 0 radical (unpaired) electrons. The Morgan fingerprint density at radius 2 is 2.16 bits per heavy atom. The fourth-order valence-corrected chi connectivity index (χ4v) is 3.16. The number of aliphatic carboxylic acids is 1. The molecule has 100 valence electrons. The summed E-state index contributed by atoms with van der Waals surface area (Å²) in [5, 5.41) is 17.4. The molecule has 0 aliphatic rings. The minimum Gasteiger partial charge on any atom is -0.481 e. The molecule has 0 unspecified atom stereocenters. The molecule has 0 spiro atoms. The minimum atomic E-state index is -0.922. The number of hydrogen-bond donors (Lipinski definition) is 2. The van der Waals surface area contributed by atoms with E-state index in [0.717, 1.165) is 10.4 Å². The summed E-state index contributed by atoms with van der Waals surface area (Å²) in [5.74, 6) is -1.08. The van der Waals surface area contributed by atoms with Crippen molar-refractivity contribution in [1.29, 1.82) is 0 Å². The van der Waals surface area contributed by atoms with E-state index in [1.165, 1.54) is 22.7 Å². The van der Waals surface area contributed by atoms with Gasteiger partial charge < -0.3 is 10.4 Å². The van der Waals surface area contributed by atoms with E-state index in [1.807, 2.05) is 34.3 Å². The van der Waals surface area contributed by atoms with Crippen molar-refractivity contribution < 1.29 is 14.7 Å². The van der Waals surface area contributed by atoms with Crippen LogP contribution in [0.4, 0.5) is 0 Å². The van der Waals surface area contributed by atoms with Crippen molar-refractivity contribution in [2.24, 2.45) is 0 Å². The zero-order chi connectivity index (χ0) is 13.7. The standard InChI is InChI=1S/C13H13NO3S2/c15-12(6-9-3-5-18-8-9)14-10(7-13(16)17)11-2-1-4-19-11/h1-5,8,10H,6-7H2,(H,14,15)(H,16,17)/t10-/m0/s1. The van der Waals surface area contributed by atoms with E-state index in [-0.39, 0.29) is 18.7 Å². The average Bonchev–Trinajstić information content (AvgIpc) is 2.99. The highest BCUT2D eigenvalue weighted by Gasteiger charge is 2.19. The van der Waals surface area contributed by atoms with Crippen LogP contribution in [-0.4, -0.2) is 17.0 Å². The maximum Gasteiger partial charge on any atom is 0.305 e. The second-order valence-corrected chi connectivity index (χ2v) is 5.80. The summed E-state index contributed by atoms with van der Waals surface area (Å²) in [5.41, 5.74) is 0.947. The van der Waals surface area contributed by atoms with Crippen molar-refractivity contribution in [3.63, 3.8) is 0 Å². The van der Waals surface area contributed by atoms with Crippen molar-refractivity contribution in [1.82, 2.24) is 5.32 Å². The van der Waals surface area contributed by atoms with Crippen LogP contribution in [0.1, 0.15) is 22.9 Å². The van der Waals surface area contributed by atoms with Crippen LogP contribution >= 0.6 is 22.7 Å². The molecule has 0 saturated heterocycles. The SMILES string of the molecule is O=C(O)C[C@H](NC(=O)Cc1ccsc1)c1cccs1. The number of amides is 1. The number of thiophene rings is 2. The predicted molar refractivity (Wildman–Crippen MR) is 75.5 cm³/mol. The monoisotopic (exact) mass is 295 g/mol. The minimum absolute atomic E-state index is 0.101. The van der Waals surface area contributed by atoms with Crippen LogP contribution in [0.25, 0.3) is 0 Å². The zero-order valence-corrected chi connectivity index (χ0v) is 11.7.